The van der Waals surface area contributed by atoms with Crippen LogP contribution in [-0.4, -0.2) is 58.1 Å². The standard InChI is InChI=1S/C24H28FN7O2/c1-15(2)26-8-9-32(20-10-17(33-4)11-21(34-5)23(20)25)22-7-6-18-24(30-22)29-19(13-27-18)16-12-28-31(3)14-16/h6-7,10-15,26H,8-9H2,1-5H3. The van der Waals surface area contributed by atoms with Crippen molar-refractivity contribution in [3.63, 3.8) is 0 Å². The summed E-state index contributed by atoms with van der Waals surface area (Å²) >= 11 is 0. The number of rotatable bonds is 9. The summed E-state index contributed by atoms with van der Waals surface area (Å²) in [5.74, 6) is 0.611. The molecule has 0 unspecified atom stereocenters. The molecule has 0 saturated carbocycles. The van der Waals surface area contributed by atoms with Crippen LogP contribution < -0.4 is 19.7 Å². The van der Waals surface area contributed by atoms with Gasteiger partial charge in [-0.15, -0.1) is 0 Å². The Bertz CT molecular complexity index is 1290. The Kier molecular flexibility index (Phi) is 6.87. The summed E-state index contributed by atoms with van der Waals surface area (Å²) in [5, 5.41) is 7.57. The van der Waals surface area contributed by atoms with Crippen LogP contribution in [0.3, 0.4) is 0 Å². The van der Waals surface area contributed by atoms with E-state index in [1.807, 2.05) is 25.4 Å². The van der Waals surface area contributed by atoms with E-state index in [0.717, 1.165) is 5.56 Å². The SMILES string of the molecule is COc1cc(OC)c(F)c(N(CCNC(C)C)c2ccc3ncc(-c4cnn(C)c4)nc3n2)c1. The number of methoxy groups -OCH3 is 2. The van der Waals surface area contributed by atoms with Crippen LogP contribution in [0.2, 0.25) is 0 Å². The molecule has 0 atom stereocenters. The molecule has 0 spiro atoms. The minimum absolute atomic E-state index is 0.0932. The lowest BCUT2D eigenvalue weighted by Crippen LogP contribution is -2.33. The molecule has 10 heteroatoms. The number of aryl methyl sites for hydroxylation is 1. The average Bonchev–Trinajstić information content (AvgIpc) is 3.27. The number of nitrogens with zero attached hydrogens (tertiary/aromatic N) is 6. The molecule has 1 aromatic carbocycles. The topological polar surface area (TPSA) is 90.2 Å². The third-order valence-electron chi connectivity index (χ3n) is 5.30. The highest BCUT2D eigenvalue weighted by Crippen LogP contribution is 2.36. The van der Waals surface area contributed by atoms with Gasteiger partial charge in [0, 0.05) is 50.1 Å². The lowest BCUT2D eigenvalue weighted by Gasteiger charge is -2.26. The number of nitrogens with one attached hydrogen (secondary N) is 1. The molecule has 0 radical (unpaired) electrons. The van der Waals surface area contributed by atoms with Gasteiger partial charge in [-0.3, -0.25) is 9.67 Å². The molecule has 0 aliphatic carbocycles. The zero-order chi connectivity index (χ0) is 24.2. The maximum atomic E-state index is 15.4. The van der Waals surface area contributed by atoms with E-state index >= 15 is 4.39 Å². The minimum Gasteiger partial charge on any atom is -0.497 e. The van der Waals surface area contributed by atoms with Gasteiger partial charge in [0.1, 0.15) is 17.1 Å². The second kappa shape index (κ2) is 10.0. The molecule has 3 aromatic heterocycles. The minimum atomic E-state index is -0.495. The van der Waals surface area contributed by atoms with Gasteiger partial charge >= 0.3 is 0 Å². The van der Waals surface area contributed by atoms with E-state index in [1.165, 1.54) is 20.3 Å². The van der Waals surface area contributed by atoms with E-state index in [0.29, 0.717) is 47.2 Å². The second-order valence-corrected chi connectivity index (χ2v) is 8.09. The Labute approximate surface area is 197 Å². The number of anilines is 2. The number of halogens is 1. The van der Waals surface area contributed by atoms with Crippen molar-refractivity contribution in [1.82, 2.24) is 30.0 Å². The molecule has 3 heterocycles. The average molecular weight is 466 g/mol. The van der Waals surface area contributed by atoms with Gasteiger partial charge in [0.2, 0.25) is 0 Å². The van der Waals surface area contributed by atoms with Gasteiger partial charge in [-0.2, -0.15) is 5.10 Å². The summed E-state index contributed by atoms with van der Waals surface area (Å²) in [4.78, 5) is 15.7. The maximum Gasteiger partial charge on any atom is 0.188 e. The fourth-order valence-corrected chi connectivity index (χ4v) is 3.58. The summed E-state index contributed by atoms with van der Waals surface area (Å²) in [5.41, 5.74) is 2.89. The highest BCUT2D eigenvalue weighted by Gasteiger charge is 2.21. The molecule has 4 rings (SSSR count). The molecule has 9 nitrogen and oxygen atoms in total. The Morgan fingerprint density at radius 1 is 1.12 bits per heavy atom. The number of ether oxygens (including phenoxy) is 2. The van der Waals surface area contributed by atoms with Crippen molar-refractivity contribution in [3.8, 4) is 22.8 Å². The van der Waals surface area contributed by atoms with Crippen LogP contribution in [0, 0.1) is 5.82 Å². The number of hydrogen-bond acceptors (Lipinski definition) is 8. The molecule has 178 valence electrons. The number of hydrogen-bond donors (Lipinski definition) is 1. The predicted octanol–water partition coefficient (Wildman–Crippen LogP) is 3.72. The van der Waals surface area contributed by atoms with Crippen molar-refractivity contribution in [2.24, 2.45) is 7.05 Å². The van der Waals surface area contributed by atoms with E-state index in [9.17, 15) is 0 Å². The van der Waals surface area contributed by atoms with Crippen LogP contribution in [0.4, 0.5) is 15.9 Å². The lowest BCUT2D eigenvalue weighted by molar-refractivity contribution is 0.374. The first-order valence-corrected chi connectivity index (χ1v) is 10.9. The van der Waals surface area contributed by atoms with Crippen LogP contribution in [0.25, 0.3) is 22.4 Å². The van der Waals surface area contributed by atoms with Crippen molar-refractivity contribution in [1.29, 1.82) is 0 Å². The lowest BCUT2D eigenvalue weighted by atomic mass is 10.2. The molecule has 0 amide bonds. The molecule has 1 N–H and O–H groups in total. The fourth-order valence-electron chi connectivity index (χ4n) is 3.58. The summed E-state index contributed by atoms with van der Waals surface area (Å²) in [6, 6.07) is 7.07. The molecular formula is C24H28FN7O2. The Morgan fingerprint density at radius 3 is 2.62 bits per heavy atom. The molecule has 0 aliphatic heterocycles. The highest BCUT2D eigenvalue weighted by atomic mass is 19.1. The first-order valence-electron chi connectivity index (χ1n) is 10.9. The van der Waals surface area contributed by atoms with Gasteiger partial charge in [-0.05, 0) is 12.1 Å². The molecule has 0 saturated heterocycles. The monoisotopic (exact) mass is 465 g/mol. The summed E-state index contributed by atoms with van der Waals surface area (Å²) in [6.07, 6.45) is 5.28. The van der Waals surface area contributed by atoms with Gasteiger partial charge in [0.15, 0.2) is 17.2 Å². The molecular weight excluding hydrogens is 437 g/mol. The Balaban J connectivity index is 1.80. The van der Waals surface area contributed by atoms with Crippen molar-refractivity contribution in [2.45, 2.75) is 19.9 Å². The maximum absolute atomic E-state index is 15.4. The van der Waals surface area contributed by atoms with Crippen LogP contribution >= 0.6 is 0 Å². The normalized spacial score (nSPS) is 11.3. The van der Waals surface area contributed by atoms with Crippen molar-refractivity contribution in [2.75, 3.05) is 32.2 Å². The largest absolute Gasteiger partial charge is 0.497 e. The number of aromatic nitrogens is 5. The Hall–Kier alpha value is -3.79. The molecule has 0 fully saturated rings. The fraction of sp³-hybridized carbons (Fsp3) is 0.333. The van der Waals surface area contributed by atoms with Gasteiger partial charge in [0.25, 0.3) is 0 Å². The second-order valence-electron chi connectivity index (χ2n) is 8.09. The van der Waals surface area contributed by atoms with E-state index in [-0.39, 0.29) is 11.8 Å². The third-order valence-corrected chi connectivity index (χ3v) is 5.30. The number of pyridine rings is 1. The molecule has 0 bridgehead atoms. The first-order chi connectivity index (χ1) is 16.4. The third kappa shape index (κ3) is 4.91. The summed E-state index contributed by atoms with van der Waals surface area (Å²) < 4.78 is 27.7. The van der Waals surface area contributed by atoms with E-state index in [1.54, 1.807) is 28.0 Å². The number of benzene rings is 1. The van der Waals surface area contributed by atoms with Gasteiger partial charge in [-0.1, -0.05) is 13.8 Å². The smallest absolute Gasteiger partial charge is 0.188 e. The van der Waals surface area contributed by atoms with Gasteiger partial charge < -0.3 is 19.7 Å². The van der Waals surface area contributed by atoms with Crippen LogP contribution in [0.15, 0.2) is 42.9 Å². The van der Waals surface area contributed by atoms with Crippen LogP contribution in [0.1, 0.15) is 13.8 Å². The highest BCUT2D eigenvalue weighted by molar-refractivity contribution is 5.77. The molecule has 4 aromatic rings. The summed E-state index contributed by atoms with van der Waals surface area (Å²) in [6.45, 7) is 5.18. The molecule has 0 aliphatic rings. The zero-order valence-corrected chi connectivity index (χ0v) is 19.9. The van der Waals surface area contributed by atoms with Crippen molar-refractivity contribution >= 4 is 22.7 Å². The quantitative estimate of drug-likeness (QED) is 0.400. The molecule has 34 heavy (non-hydrogen) atoms. The van der Waals surface area contributed by atoms with E-state index < -0.39 is 5.82 Å². The van der Waals surface area contributed by atoms with Crippen LogP contribution in [0.5, 0.6) is 11.5 Å². The van der Waals surface area contributed by atoms with E-state index in [4.69, 9.17) is 14.5 Å². The Morgan fingerprint density at radius 2 is 1.94 bits per heavy atom. The summed E-state index contributed by atoms with van der Waals surface area (Å²) in [7, 11) is 4.80. The van der Waals surface area contributed by atoms with Crippen molar-refractivity contribution < 1.29 is 13.9 Å². The van der Waals surface area contributed by atoms with Crippen LogP contribution in [-0.2, 0) is 7.05 Å². The van der Waals surface area contributed by atoms with E-state index in [2.05, 4.69) is 34.2 Å². The van der Waals surface area contributed by atoms with Gasteiger partial charge in [0.05, 0.1) is 38.0 Å². The van der Waals surface area contributed by atoms with Crippen molar-refractivity contribution in [3.05, 3.63) is 48.7 Å². The number of fused-ring (bicyclic) bond motifs is 1. The zero-order valence-electron chi connectivity index (χ0n) is 19.9. The first kappa shape index (κ1) is 23.4. The predicted molar refractivity (Wildman–Crippen MR) is 129 cm³/mol. The van der Waals surface area contributed by atoms with Gasteiger partial charge in [-0.25, -0.2) is 14.4 Å².